The van der Waals surface area contributed by atoms with E-state index in [1.807, 2.05) is 0 Å². The fourth-order valence-electron chi connectivity index (χ4n) is 3.67. The highest BCUT2D eigenvalue weighted by Crippen LogP contribution is 2.41. The zero-order valence-corrected chi connectivity index (χ0v) is 17.9. The van der Waals surface area contributed by atoms with Gasteiger partial charge in [-0.3, -0.25) is 4.79 Å². The first-order valence-corrected chi connectivity index (χ1v) is 11.3. The predicted molar refractivity (Wildman–Crippen MR) is 104 cm³/mol. The number of hydrogen-bond donors (Lipinski definition) is 1. The first-order chi connectivity index (χ1) is 15.5. The molecule has 34 heavy (non-hydrogen) atoms. The van der Waals surface area contributed by atoms with Crippen LogP contribution >= 0.6 is 0 Å². The van der Waals surface area contributed by atoms with Gasteiger partial charge >= 0.3 is 12.4 Å². The van der Waals surface area contributed by atoms with E-state index in [2.05, 4.69) is 5.32 Å². The van der Waals surface area contributed by atoms with Crippen LogP contribution in [0, 0.1) is 5.82 Å². The Labute approximate surface area is 188 Å². The maximum absolute atomic E-state index is 15.4. The molecule has 0 atom stereocenters. The van der Waals surface area contributed by atoms with Gasteiger partial charge in [-0.15, -0.1) is 0 Å². The summed E-state index contributed by atoms with van der Waals surface area (Å²) in [5, 5.41) is -0.539. The normalized spacial score (nSPS) is 21.8. The molecule has 1 saturated carbocycles. The van der Waals surface area contributed by atoms with Gasteiger partial charge < -0.3 is 5.32 Å². The van der Waals surface area contributed by atoms with Crippen molar-refractivity contribution < 1.29 is 48.3 Å². The Morgan fingerprint density at radius 3 is 2.12 bits per heavy atom. The second-order valence-electron chi connectivity index (χ2n) is 7.85. The second kappa shape index (κ2) is 8.82. The molecule has 3 rings (SSSR count). The zero-order valence-electron chi connectivity index (χ0n) is 17.1. The van der Waals surface area contributed by atoms with E-state index >= 15 is 4.39 Å². The lowest BCUT2D eigenvalue weighted by atomic mass is 9.93. The summed E-state index contributed by atoms with van der Waals surface area (Å²) < 4.78 is 131. The van der Waals surface area contributed by atoms with Gasteiger partial charge in [-0.25, -0.2) is 17.2 Å². The summed E-state index contributed by atoms with van der Waals surface area (Å²) in [6.07, 6.45) is -11.7. The third-order valence-electron chi connectivity index (χ3n) is 5.55. The molecule has 1 aliphatic carbocycles. The van der Waals surface area contributed by atoms with Crippen molar-refractivity contribution in [1.82, 2.24) is 5.32 Å². The van der Waals surface area contributed by atoms with Crippen LogP contribution in [0.5, 0.6) is 0 Å². The molecule has 13 heteroatoms. The quantitative estimate of drug-likeness (QED) is 0.534. The highest BCUT2D eigenvalue weighted by molar-refractivity contribution is 7.92. The maximum Gasteiger partial charge on any atom is 0.419 e. The molecule has 2 aromatic rings. The van der Waals surface area contributed by atoms with E-state index in [4.69, 9.17) is 0 Å². The largest absolute Gasteiger partial charge is 0.419 e. The van der Waals surface area contributed by atoms with E-state index in [0.717, 1.165) is 18.2 Å². The lowest BCUT2D eigenvalue weighted by molar-refractivity contribution is -0.140. The van der Waals surface area contributed by atoms with Crippen LogP contribution in [0.1, 0.15) is 47.2 Å². The summed E-state index contributed by atoms with van der Waals surface area (Å²) in [5.74, 6) is -2.56. The van der Waals surface area contributed by atoms with E-state index in [1.165, 1.54) is 0 Å². The monoisotopic (exact) mass is 515 g/mol. The molecule has 0 bridgehead atoms. The third kappa shape index (κ3) is 5.18. The predicted octanol–water partition coefficient (Wildman–Crippen LogP) is 5.68. The van der Waals surface area contributed by atoms with E-state index in [9.17, 15) is 43.9 Å². The number of nitrogens with one attached hydrogen (secondary N) is 1. The van der Waals surface area contributed by atoms with Gasteiger partial charge in [0.25, 0.3) is 5.91 Å². The van der Waals surface area contributed by atoms with Crippen molar-refractivity contribution >= 4 is 15.7 Å². The molecule has 2 aromatic carbocycles. The van der Waals surface area contributed by atoms with Gasteiger partial charge in [-0.05, 0) is 62.1 Å². The Bertz CT molecular complexity index is 1180. The highest BCUT2D eigenvalue weighted by Gasteiger charge is 2.48. The fraction of sp³-hybridized carbons (Fsp3) is 0.381. The van der Waals surface area contributed by atoms with Gasteiger partial charge in [-0.2, -0.15) is 26.3 Å². The number of rotatable bonds is 4. The van der Waals surface area contributed by atoms with Crippen molar-refractivity contribution in [3.8, 4) is 0 Å². The average Bonchev–Trinajstić information content (AvgIpc) is 2.74. The Morgan fingerprint density at radius 2 is 1.56 bits per heavy atom. The van der Waals surface area contributed by atoms with E-state index < -0.39 is 79.4 Å². The molecule has 186 valence electrons. The molecule has 4 nitrogen and oxygen atoms in total. The Kier molecular flexibility index (Phi) is 6.72. The number of alkyl halides is 7. The second-order valence-corrected chi connectivity index (χ2v) is 10.1. The first kappa shape index (κ1) is 25.9. The molecule has 0 radical (unpaired) electrons. The molecule has 1 aliphatic rings. The van der Waals surface area contributed by atoms with Crippen molar-refractivity contribution in [2.45, 2.75) is 54.0 Å². The number of carbonyl (C=O) groups is 1. The van der Waals surface area contributed by atoms with Gasteiger partial charge in [-0.1, -0.05) is 6.07 Å². The van der Waals surface area contributed by atoms with Crippen LogP contribution in [0.3, 0.4) is 0 Å². The minimum atomic E-state index is -5.03. The fourth-order valence-corrected chi connectivity index (χ4v) is 5.40. The van der Waals surface area contributed by atoms with Crippen molar-refractivity contribution in [1.29, 1.82) is 0 Å². The molecule has 1 N–H and O–H groups in total. The van der Waals surface area contributed by atoms with Gasteiger partial charge in [0.2, 0.25) is 14.8 Å². The molecule has 0 aliphatic heterocycles. The lowest BCUT2D eigenvalue weighted by Gasteiger charge is -2.34. The maximum atomic E-state index is 15.4. The van der Waals surface area contributed by atoms with Crippen LogP contribution in [0.2, 0.25) is 0 Å². The number of amides is 1. The molecule has 0 spiro atoms. The lowest BCUT2D eigenvalue weighted by Crippen LogP contribution is -2.45. The van der Waals surface area contributed by atoms with E-state index in [-0.39, 0.29) is 12.8 Å². The van der Waals surface area contributed by atoms with Gasteiger partial charge in [0, 0.05) is 11.6 Å². The standard InChI is InChI=1S/C21H17F8NO3S/c22-17-5-4-12(10-16(17)21(27,28)29)18(31)30-14-6-8-19(23,9-7-14)34(32,33)15-3-1-2-13(11-15)20(24,25)26/h1-5,10-11,14H,6-9H2,(H,30,31)/t14-,19-. The SMILES string of the molecule is O=C(N[C@H]1CC[C@](F)(S(=O)(=O)c2cccc(C(F)(F)F)c2)CC1)c1ccc(F)c(C(F)(F)F)c1. The van der Waals surface area contributed by atoms with Crippen molar-refractivity contribution in [2.24, 2.45) is 0 Å². The van der Waals surface area contributed by atoms with E-state index in [0.29, 0.717) is 24.3 Å². The summed E-state index contributed by atoms with van der Waals surface area (Å²) in [5.41, 5.74) is -3.39. The smallest absolute Gasteiger partial charge is 0.349 e. The zero-order chi connectivity index (χ0) is 25.5. The molecule has 1 amide bonds. The molecular formula is C21H17F8NO3S. The summed E-state index contributed by atoms with van der Waals surface area (Å²) in [7, 11) is -4.82. The molecular weight excluding hydrogens is 498 g/mol. The minimum Gasteiger partial charge on any atom is -0.349 e. The van der Waals surface area contributed by atoms with Crippen LogP contribution < -0.4 is 5.32 Å². The van der Waals surface area contributed by atoms with Crippen molar-refractivity contribution in [2.75, 3.05) is 0 Å². The van der Waals surface area contributed by atoms with Crippen LogP contribution in [-0.4, -0.2) is 25.4 Å². The van der Waals surface area contributed by atoms with Gasteiger partial charge in [0.05, 0.1) is 16.0 Å². The first-order valence-electron chi connectivity index (χ1n) is 9.83. The van der Waals surface area contributed by atoms with Crippen molar-refractivity contribution in [3.05, 3.63) is 65.0 Å². The number of benzene rings is 2. The number of halogens is 8. The molecule has 0 saturated heterocycles. The topological polar surface area (TPSA) is 63.2 Å². The van der Waals surface area contributed by atoms with Crippen LogP contribution in [0.25, 0.3) is 0 Å². The van der Waals surface area contributed by atoms with Crippen LogP contribution in [0.15, 0.2) is 47.4 Å². The van der Waals surface area contributed by atoms with E-state index in [1.54, 1.807) is 0 Å². The Hall–Kier alpha value is -2.70. The Morgan fingerprint density at radius 1 is 0.941 bits per heavy atom. The highest BCUT2D eigenvalue weighted by atomic mass is 32.2. The third-order valence-corrected chi connectivity index (χ3v) is 7.80. The number of carbonyl (C=O) groups excluding carboxylic acids is 1. The van der Waals surface area contributed by atoms with Crippen LogP contribution in [0.4, 0.5) is 35.1 Å². The molecule has 1 fully saturated rings. The van der Waals surface area contributed by atoms with Crippen molar-refractivity contribution in [3.63, 3.8) is 0 Å². The van der Waals surface area contributed by atoms with Gasteiger partial charge in [0.15, 0.2) is 0 Å². The molecule has 0 heterocycles. The number of sulfone groups is 1. The van der Waals surface area contributed by atoms with Crippen LogP contribution in [-0.2, 0) is 22.2 Å². The number of hydrogen-bond acceptors (Lipinski definition) is 3. The molecule has 0 unspecified atom stereocenters. The Balaban J connectivity index is 1.72. The summed E-state index contributed by atoms with van der Waals surface area (Å²) in [6, 6.07) is 3.52. The molecule has 0 aromatic heterocycles. The average molecular weight is 515 g/mol. The minimum absolute atomic E-state index is 0.242. The summed E-state index contributed by atoms with van der Waals surface area (Å²) in [6.45, 7) is 0. The summed E-state index contributed by atoms with van der Waals surface area (Å²) >= 11 is 0. The van der Waals surface area contributed by atoms with Gasteiger partial charge in [0.1, 0.15) is 5.82 Å². The summed E-state index contributed by atoms with van der Waals surface area (Å²) in [4.78, 5) is 11.5.